The number of hydrogen-bond acceptors (Lipinski definition) is 3. The van der Waals surface area contributed by atoms with Crippen molar-refractivity contribution in [1.29, 1.82) is 0 Å². The largest absolute Gasteiger partial charge is 0.317 e. The SMILES string of the molecule is CC(C)Cn1cnnc1CCC1CCNCC1. The molecule has 4 nitrogen and oxygen atoms in total. The minimum absolute atomic E-state index is 0.656. The summed E-state index contributed by atoms with van der Waals surface area (Å²) < 4.78 is 2.21. The lowest BCUT2D eigenvalue weighted by Crippen LogP contribution is -2.28. The van der Waals surface area contributed by atoms with Crippen molar-refractivity contribution in [3.63, 3.8) is 0 Å². The first-order valence-electron chi connectivity index (χ1n) is 6.83. The van der Waals surface area contributed by atoms with E-state index in [0.29, 0.717) is 5.92 Å². The second kappa shape index (κ2) is 6.15. The first kappa shape index (κ1) is 12.6. The maximum Gasteiger partial charge on any atom is 0.132 e. The van der Waals surface area contributed by atoms with Crippen molar-refractivity contribution in [1.82, 2.24) is 20.1 Å². The molecule has 0 aromatic carbocycles. The van der Waals surface area contributed by atoms with Gasteiger partial charge in [-0.2, -0.15) is 0 Å². The molecule has 0 atom stereocenters. The lowest BCUT2D eigenvalue weighted by atomic mass is 9.93. The standard InChI is InChI=1S/C13H24N4/c1-11(2)9-17-10-15-16-13(17)4-3-12-5-7-14-8-6-12/h10-12,14H,3-9H2,1-2H3. The second-order valence-electron chi connectivity index (χ2n) is 5.53. The zero-order chi connectivity index (χ0) is 12.1. The lowest BCUT2D eigenvalue weighted by Gasteiger charge is -2.22. The topological polar surface area (TPSA) is 42.7 Å². The molecule has 17 heavy (non-hydrogen) atoms. The van der Waals surface area contributed by atoms with Crippen LogP contribution in [-0.2, 0) is 13.0 Å². The van der Waals surface area contributed by atoms with Gasteiger partial charge < -0.3 is 9.88 Å². The highest BCUT2D eigenvalue weighted by Gasteiger charge is 2.14. The van der Waals surface area contributed by atoms with Gasteiger partial charge in [0.25, 0.3) is 0 Å². The summed E-state index contributed by atoms with van der Waals surface area (Å²) in [5.41, 5.74) is 0. The molecular weight excluding hydrogens is 212 g/mol. The highest BCUT2D eigenvalue weighted by Crippen LogP contribution is 2.18. The Labute approximate surface area is 104 Å². The number of nitrogens with one attached hydrogen (secondary N) is 1. The number of piperidine rings is 1. The average Bonchev–Trinajstić information content (AvgIpc) is 2.74. The lowest BCUT2D eigenvalue weighted by molar-refractivity contribution is 0.349. The van der Waals surface area contributed by atoms with Gasteiger partial charge in [-0.25, -0.2) is 0 Å². The molecular formula is C13H24N4. The number of nitrogens with zero attached hydrogens (tertiary/aromatic N) is 3. The molecule has 4 heteroatoms. The fourth-order valence-electron chi connectivity index (χ4n) is 2.52. The molecule has 1 aromatic rings. The molecule has 0 aliphatic carbocycles. The average molecular weight is 236 g/mol. The van der Waals surface area contributed by atoms with Crippen LogP contribution in [0.4, 0.5) is 0 Å². The van der Waals surface area contributed by atoms with Crippen LogP contribution in [0.1, 0.15) is 38.9 Å². The third kappa shape index (κ3) is 3.80. The van der Waals surface area contributed by atoms with Gasteiger partial charge in [0.15, 0.2) is 0 Å². The van der Waals surface area contributed by atoms with Crippen LogP contribution in [0.3, 0.4) is 0 Å². The summed E-state index contributed by atoms with van der Waals surface area (Å²) in [6.07, 6.45) is 6.85. The third-order valence-electron chi connectivity index (χ3n) is 3.49. The molecule has 0 unspecified atom stereocenters. The van der Waals surface area contributed by atoms with Crippen LogP contribution >= 0.6 is 0 Å². The molecule has 1 fully saturated rings. The van der Waals surface area contributed by atoms with Crippen LogP contribution in [0.5, 0.6) is 0 Å². The summed E-state index contributed by atoms with van der Waals surface area (Å²) in [6, 6.07) is 0. The van der Waals surface area contributed by atoms with Gasteiger partial charge in [0, 0.05) is 13.0 Å². The van der Waals surface area contributed by atoms with Gasteiger partial charge in [-0.05, 0) is 44.2 Å². The molecule has 96 valence electrons. The first-order chi connectivity index (χ1) is 8.25. The van der Waals surface area contributed by atoms with E-state index >= 15 is 0 Å². The van der Waals surface area contributed by atoms with Gasteiger partial charge in [0.05, 0.1) is 0 Å². The van der Waals surface area contributed by atoms with Gasteiger partial charge in [0.2, 0.25) is 0 Å². The Hall–Kier alpha value is -0.900. The maximum absolute atomic E-state index is 4.25. The Kier molecular flexibility index (Phi) is 4.54. The summed E-state index contributed by atoms with van der Waals surface area (Å²) in [5, 5.41) is 11.7. The van der Waals surface area contributed by atoms with E-state index in [9.17, 15) is 0 Å². The molecule has 0 spiro atoms. The van der Waals surface area contributed by atoms with Crippen molar-refractivity contribution in [3.8, 4) is 0 Å². The predicted octanol–water partition coefficient (Wildman–Crippen LogP) is 1.87. The van der Waals surface area contributed by atoms with Crippen LogP contribution in [0.25, 0.3) is 0 Å². The van der Waals surface area contributed by atoms with Gasteiger partial charge in [-0.1, -0.05) is 13.8 Å². The second-order valence-corrected chi connectivity index (χ2v) is 5.53. The Morgan fingerprint density at radius 1 is 1.41 bits per heavy atom. The minimum Gasteiger partial charge on any atom is -0.317 e. The molecule has 1 N–H and O–H groups in total. The molecule has 1 saturated heterocycles. The molecule has 0 bridgehead atoms. The van der Waals surface area contributed by atoms with E-state index in [1.165, 1.54) is 32.4 Å². The van der Waals surface area contributed by atoms with Crippen LogP contribution in [0.15, 0.2) is 6.33 Å². The zero-order valence-electron chi connectivity index (χ0n) is 11.0. The highest BCUT2D eigenvalue weighted by atomic mass is 15.3. The first-order valence-corrected chi connectivity index (χ1v) is 6.83. The summed E-state index contributed by atoms with van der Waals surface area (Å²) in [5.74, 6) is 2.70. The van der Waals surface area contributed by atoms with Gasteiger partial charge in [0.1, 0.15) is 12.2 Å². The van der Waals surface area contributed by atoms with Gasteiger partial charge >= 0.3 is 0 Å². The van der Waals surface area contributed by atoms with E-state index < -0.39 is 0 Å². The number of hydrogen-bond donors (Lipinski definition) is 1. The Balaban J connectivity index is 1.83. The molecule has 0 amide bonds. The van der Waals surface area contributed by atoms with Crippen molar-refractivity contribution in [3.05, 3.63) is 12.2 Å². The van der Waals surface area contributed by atoms with Crippen molar-refractivity contribution in [2.75, 3.05) is 13.1 Å². The van der Waals surface area contributed by atoms with Gasteiger partial charge in [-0.15, -0.1) is 10.2 Å². The van der Waals surface area contributed by atoms with Crippen LogP contribution in [0.2, 0.25) is 0 Å². The van der Waals surface area contributed by atoms with Crippen molar-refractivity contribution in [2.45, 2.75) is 46.1 Å². The Morgan fingerprint density at radius 2 is 2.18 bits per heavy atom. The molecule has 0 radical (unpaired) electrons. The zero-order valence-corrected chi connectivity index (χ0v) is 11.0. The minimum atomic E-state index is 0.656. The molecule has 2 rings (SSSR count). The maximum atomic E-state index is 4.25. The summed E-state index contributed by atoms with van der Waals surface area (Å²) in [7, 11) is 0. The monoisotopic (exact) mass is 236 g/mol. The predicted molar refractivity (Wildman–Crippen MR) is 68.8 cm³/mol. The van der Waals surface area contributed by atoms with E-state index in [1.54, 1.807) is 0 Å². The number of aromatic nitrogens is 3. The number of rotatable bonds is 5. The summed E-state index contributed by atoms with van der Waals surface area (Å²) in [6.45, 7) is 7.87. The summed E-state index contributed by atoms with van der Waals surface area (Å²) >= 11 is 0. The quantitative estimate of drug-likeness (QED) is 0.848. The van der Waals surface area contributed by atoms with Crippen LogP contribution in [0, 0.1) is 11.8 Å². The fraction of sp³-hybridized carbons (Fsp3) is 0.846. The molecule has 2 heterocycles. The molecule has 1 aliphatic rings. The van der Waals surface area contributed by atoms with Crippen LogP contribution in [-0.4, -0.2) is 27.9 Å². The Morgan fingerprint density at radius 3 is 2.88 bits per heavy atom. The third-order valence-corrected chi connectivity index (χ3v) is 3.49. The van der Waals surface area contributed by atoms with Crippen molar-refractivity contribution < 1.29 is 0 Å². The van der Waals surface area contributed by atoms with Crippen LogP contribution < -0.4 is 5.32 Å². The normalized spacial score (nSPS) is 17.8. The van der Waals surface area contributed by atoms with E-state index in [-0.39, 0.29) is 0 Å². The molecule has 0 saturated carbocycles. The molecule has 1 aromatic heterocycles. The fourth-order valence-corrected chi connectivity index (χ4v) is 2.52. The smallest absolute Gasteiger partial charge is 0.132 e. The van der Waals surface area contributed by atoms with E-state index in [4.69, 9.17) is 0 Å². The van der Waals surface area contributed by atoms with Gasteiger partial charge in [-0.3, -0.25) is 0 Å². The van der Waals surface area contributed by atoms with E-state index in [1.807, 2.05) is 6.33 Å². The van der Waals surface area contributed by atoms with Crippen molar-refractivity contribution in [2.24, 2.45) is 11.8 Å². The number of aryl methyl sites for hydroxylation is 1. The summed E-state index contributed by atoms with van der Waals surface area (Å²) in [4.78, 5) is 0. The van der Waals surface area contributed by atoms with Crippen molar-refractivity contribution >= 4 is 0 Å². The highest BCUT2D eigenvalue weighted by molar-refractivity contribution is 4.87. The van der Waals surface area contributed by atoms with E-state index in [0.717, 1.165) is 24.7 Å². The van der Waals surface area contributed by atoms with E-state index in [2.05, 4.69) is 33.9 Å². The molecule has 1 aliphatic heterocycles. The Bertz CT molecular complexity index is 326.